The molecular formula is C16H17ClN2O2. The Bertz CT molecular complexity index is 642. The van der Waals surface area contributed by atoms with E-state index in [4.69, 9.17) is 16.3 Å². The van der Waals surface area contributed by atoms with Crippen LogP contribution in [0.2, 0.25) is 5.02 Å². The van der Waals surface area contributed by atoms with Crippen LogP contribution in [0.5, 0.6) is 5.75 Å². The van der Waals surface area contributed by atoms with Crippen LogP contribution in [0, 0.1) is 0 Å². The van der Waals surface area contributed by atoms with E-state index in [-0.39, 0.29) is 5.91 Å². The Morgan fingerprint density at radius 2 is 2.05 bits per heavy atom. The van der Waals surface area contributed by atoms with Gasteiger partial charge in [-0.15, -0.1) is 0 Å². The molecule has 1 aromatic heterocycles. The summed E-state index contributed by atoms with van der Waals surface area (Å²) in [6.45, 7) is 3.78. The number of carbonyl (C=O) groups is 1. The van der Waals surface area contributed by atoms with Gasteiger partial charge in [0.25, 0.3) is 5.91 Å². The van der Waals surface area contributed by atoms with Gasteiger partial charge in [0.15, 0.2) is 0 Å². The van der Waals surface area contributed by atoms with E-state index < -0.39 is 5.54 Å². The summed E-state index contributed by atoms with van der Waals surface area (Å²) in [6, 6.07) is 10.6. The first kappa shape index (κ1) is 15.3. The van der Waals surface area contributed by atoms with Crippen molar-refractivity contribution in [2.75, 3.05) is 7.11 Å². The Kier molecular flexibility index (Phi) is 4.48. The Morgan fingerprint density at radius 1 is 1.29 bits per heavy atom. The molecule has 2 rings (SSSR count). The maximum Gasteiger partial charge on any atom is 0.253 e. The van der Waals surface area contributed by atoms with Crippen molar-refractivity contribution in [3.05, 3.63) is 58.9 Å². The number of nitrogens with one attached hydrogen (secondary N) is 1. The predicted octanol–water partition coefficient (Wildman–Crippen LogP) is 3.41. The van der Waals surface area contributed by atoms with Crippen molar-refractivity contribution >= 4 is 17.5 Å². The highest BCUT2D eigenvalue weighted by Crippen LogP contribution is 2.24. The number of methoxy groups -OCH3 is 1. The third-order valence-corrected chi connectivity index (χ3v) is 3.48. The standard InChI is InChI=1S/C16H17ClN2O2/c1-16(2,14-6-4-5-9-18-14)19-15(20)12-10-11(21-3)7-8-13(12)17/h4-10H,1-3H3,(H,19,20). The van der Waals surface area contributed by atoms with Crippen molar-refractivity contribution in [3.8, 4) is 5.75 Å². The molecule has 1 aromatic carbocycles. The molecule has 0 bridgehead atoms. The molecule has 5 heteroatoms. The van der Waals surface area contributed by atoms with Crippen LogP contribution < -0.4 is 10.1 Å². The third kappa shape index (κ3) is 3.52. The minimum Gasteiger partial charge on any atom is -0.497 e. The maximum absolute atomic E-state index is 12.4. The highest BCUT2D eigenvalue weighted by atomic mass is 35.5. The molecule has 1 amide bonds. The Hall–Kier alpha value is -2.07. The van der Waals surface area contributed by atoms with E-state index in [9.17, 15) is 4.79 Å². The van der Waals surface area contributed by atoms with Gasteiger partial charge in [-0.05, 0) is 44.2 Å². The monoisotopic (exact) mass is 304 g/mol. The van der Waals surface area contributed by atoms with E-state index in [0.717, 1.165) is 5.69 Å². The van der Waals surface area contributed by atoms with E-state index in [2.05, 4.69) is 10.3 Å². The van der Waals surface area contributed by atoms with E-state index in [1.165, 1.54) is 0 Å². The van der Waals surface area contributed by atoms with Gasteiger partial charge in [0.05, 0.1) is 28.9 Å². The Labute approximate surface area is 129 Å². The highest BCUT2D eigenvalue weighted by molar-refractivity contribution is 6.33. The van der Waals surface area contributed by atoms with E-state index in [1.54, 1.807) is 31.5 Å². The molecule has 0 fully saturated rings. The summed E-state index contributed by atoms with van der Waals surface area (Å²) in [6.07, 6.45) is 1.70. The minimum atomic E-state index is -0.606. The van der Waals surface area contributed by atoms with Crippen LogP contribution in [0.25, 0.3) is 0 Å². The molecule has 21 heavy (non-hydrogen) atoms. The van der Waals surface area contributed by atoms with Crippen LogP contribution in [0.3, 0.4) is 0 Å². The van der Waals surface area contributed by atoms with Crippen molar-refractivity contribution in [2.24, 2.45) is 0 Å². The van der Waals surface area contributed by atoms with Crippen molar-refractivity contribution in [1.29, 1.82) is 0 Å². The van der Waals surface area contributed by atoms with Gasteiger partial charge < -0.3 is 10.1 Å². The van der Waals surface area contributed by atoms with Crippen LogP contribution in [-0.2, 0) is 5.54 Å². The predicted molar refractivity (Wildman–Crippen MR) is 82.7 cm³/mol. The molecular weight excluding hydrogens is 288 g/mol. The second kappa shape index (κ2) is 6.14. The summed E-state index contributed by atoms with van der Waals surface area (Å²) in [5, 5.41) is 3.32. The molecule has 110 valence electrons. The Morgan fingerprint density at radius 3 is 2.67 bits per heavy atom. The molecule has 2 aromatic rings. The maximum atomic E-state index is 12.4. The number of carbonyl (C=O) groups excluding carboxylic acids is 1. The topological polar surface area (TPSA) is 51.2 Å². The van der Waals surface area contributed by atoms with Crippen LogP contribution in [0.4, 0.5) is 0 Å². The zero-order chi connectivity index (χ0) is 15.5. The van der Waals surface area contributed by atoms with Crippen molar-refractivity contribution in [2.45, 2.75) is 19.4 Å². The number of ether oxygens (including phenoxy) is 1. The number of aromatic nitrogens is 1. The number of hydrogen-bond acceptors (Lipinski definition) is 3. The lowest BCUT2D eigenvalue weighted by molar-refractivity contribution is 0.0910. The number of amides is 1. The molecule has 1 N–H and O–H groups in total. The fourth-order valence-electron chi connectivity index (χ4n) is 1.95. The van der Waals surface area contributed by atoms with Crippen molar-refractivity contribution in [3.63, 3.8) is 0 Å². The molecule has 0 unspecified atom stereocenters. The first-order valence-corrected chi connectivity index (χ1v) is 6.89. The summed E-state index contributed by atoms with van der Waals surface area (Å²) in [4.78, 5) is 16.7. The number of nitrogens with zero attached hydrogens (tertiary/aromatic N) is 1. The molecule has 0 radical (unpaired) electrons. The quantitative estimate of drug-likeness (QED) is 0.941. The highest BCUT2D eigenvalue weighted by Gasteiger charge is 2.25. The number of halogens is 1. The fraction of sp³-hybridized carbons (Fsp3) is 0.250. The minimum absolute atomic E-state index is 0.269. The third-order valence-electron chi connectivity index (χ3n) is 3.15. The number of pyridine rings is 1. The van der Waals surface area contributed by atoms with E-state index in [0.29, 0.717) is 16.3 Å². The molecule has 1 heterocycles. The van der Waals surface area contributed by atoms with Crippen LogP contribution in [0.15, 0.2) is 42.6 Å². The summed E-state index contributed by atoms with van der Waals surface area (Å²) in [5.74, 6) is 0.315. The first-order valence-electron chi connectivity index (χ1n) is 6.51. The second-order valence-electron chi connectivity index (χ2n) is 5.14. The average Bonchev–Trinajstić information content (AvgIpc) is 2.48. The van der Waals surface area contributed by atoms with Gasteiger partial charge in [0, 0.05) is 6.20 Å². The van der Waals surface area contributed by atoms with Gasteiger partial charge in [-0.2, -0.15) is 0 Å². The number of hydrogen-bond donors (Lipinski definition) is 1. The summed E-state index contributed by atoms with van der Waals surface area (Å²) < 4.78 is 5.12. The van der Waals surface area contributed by atoms with Gasteiger partial charge in [0.1, 0.15) is 5.75 Å². The fourth-order valence-corrected chi connectivity index (χ4v) is 2.16. The molecule has 0 saturated carbocycles. The molecule has 0 atom stereocenters. The molecule has 0 aliphatic rings. The number of benzene rings is 1. The van der Waals surface area contributed by atoms with Crippen LogP contribution in [0.1, 0.15) is 29.9 Å². The van der Waals surface area contributed by atoms with Crippen LogP contribution >= 0.6 is 11.6 Å². The smallest absolute Gasteiger partial charge is 0.253 e. The normalized spacial score (nSPS) is 11.0. The first-order chi connectivity index (χ1) is 9.94. The van der Waals surface area contributed by atoms with Gasteiger partial charge in [-0.25, -0.2) is 0 Å². The zero-order valence-corrected chi connectivity index (χ0v) is 12.9. The molecule has 0 aliphatic carbocycles. The van der Waals surface area contributed by atoms with E-state index in [1.807, 2.05) is 32.0 Å². The summed E-state index contributed by atoms with van der Waals surface area (Å²) >= 11 is 6.09. The van der Waals surface area contributed by atoms with Gasteiger partial charge in [-0.3, -0.25) is 9.78 Å². The lowest BCUT2D eigenvalue weighted by Gasteiger charge is -2.26. The molecule has 4 nitrogen and oxygen atoms in total. The molecule has 0 saturated heterocycles. The molecule has 0 spiro atoms. The Balaban J connectivity index is 2.25. The number of rotatable bonds is 4. The van der Waals surface area contributed by atoms with Crippen molar-refractivity contribution in [1.82, 2.24) is 10.3 Å². The summed E-state index contributed by atoms with van der Waals surface area (Å²) in [5.41, 5.74) is 0.544. The molecule has 0 aliphatic heterocycles. The largest absolute Gasteiger partial charge is 0.497 e. The van der Waals surface area contributed by atoms with Gasteiger partial charge >= 0.3 is 0 Å². The van der Waals surface area contributed by atoms with Crippen LogP contribution in [-0.4, -0.2) is 18.0 Å². The zero-order valence-electron chi connectivity index (χ0n) is 12.2. The second-order valence-corrected chi connectivity index (χ2v) is 5.55. The lowest BCUT2D eigenvalue weighted by Crippen LogP contribution is -2.41. The lowest BCUT2D eigenvalue weighted by atomic mass is 9.99. The van der Waals surface area contributed by atoms with E-state index >= 15 is 0 Å². The average molecular weight is 305 g/mol. The summed E-state index contributed by atoms with van der Waals surface area (Å²) in [7, 11) is 1.54. The van der Waals surface area contributed by atoms with Crippen molar-refractivity contribution < 1.29 is 9.53 Å². The van der Waals surface area contributed by atoms with Gasteiger partial charge in [-0.1, -0.05) is 17.7 Å². The van der Waals surface area contributed by atoms with Gasteiger partial charge in [0.2, 0.25) is 0 Å². The SMILES string of the molecule is COc1ccc(Cl)c(C(=O)NC(C)(C)c2ccccn2)c1.